The smallest absolute Gasteiger partial charge is 0.338 e. The summed E-state index contributed by atoms with van der Waals surface area (Å²) in [6.45, 7) is 0.00478. The second-order valence-electron chi connectivity index (χ2n) is 4.69. The normalized spacial score (nSPS) is 10.2. The number of halogens is 2. The number of hydrogen-bond donors (Lipinski definition) is 2. The number of benzene rings is 2. The van der Waals surface area contributed by atoms with Gasteiger partial charge in [0.15, 0.2) is 0 Å². The topological polar surface area (TPSA) is 81.4 Å². The Balaban J connectivity index is 1.97. The van der Waals surface area contributed by atoms with Crippen LogP contribution in [0.2, 0.25) is 5.02 Å². The zero-order valence-electron chi connectivity index (χ0n) is 12.0. The Morgan fingerprint density at radius 2 is 1.87 bits per heavy atom. The van der Waals surface area contributed by atoms with Crippen molar-refractivity contribution in [2.75, 3.05) is 0 Å². The van der Waals surface area contributed by atoms with Crippen LogP contribution in [0.3, 0.4) is 0 Å². The number of nitrogens with one attached hydrogen (secondary N) is 1. The molecule has 2 aromatic rings. The fourth-order valence-corrected chi connectivity index (χ4v) is 2.06. The summed E-state index contributed by atoms with van der Waals surface area (Å²) in [5.41, 5.74) is 6.18. The Kier molecular flexibility index (Phi) is 5.54. The van der Waals surface area contributed by atoms with E-state index in [1.807, 2.05) is 0 Å². The minimum atomic E-state index is -0.629. The highest BCUT2D eigenvalue weighted by molar-refractivity contribution is 6.31. The third-order valence-corrected chi connectivity index (χ3v) is 3.42. The third-order valence-electron chi connectivity index (χ3n) is 3.07. The number of esters is 1. The molecule has 0 bridgehead atoms. The first-order chi connectivity index (χ1) is 11.0. The Labute approximate surface area is 137 Å². The summed E-state index contributed by atoms with van der Waals surface area (Å²) >= 11 is 5.86. The first kappa shape index (κ1) is 16.8. The van der Waals surface area contributed by atoms with Gasteiger partial charge in [-0.3, -0.25) is 0 Å². The molecule has 0 saturated carbocycles. The van der Waals surface area contributed by atoms with Gasteiger partial charge in [0.2, 0.25) is 0 Å². The maximum Gasteiger partial charge on any atom is 0.338 e. The molecule has 0 spiro atoms. The SMILES string of the molecule is NC(=O)NCc1ccc(C(=O)OCc2c(F)cccc2Cl)cc1. The van der Waals surface area contributed by atoms with E-state index in [1.165, 1.54) is 18.2 Å². The molecule has 2 rings (SSSR count). The van der Waals surface area contributed by atoms with Gasteiger partial charge in [-0.1, -0.05) is 29.8 Å². The standard InChI is InChI=1S/C16H14ClFN2O3/c17-13-2-1-3-14(18)12(13)9-23-15(21)11-6-4-10(5-7-11)8-20-16(19)22/h1-7H,8-9H2,(H3,19,20,22). The van der Waals surface area contributed by atoms with Crippen LogP contribution in [-0.2, 0) is 17.9 Å². The first-order valence-corrected chi connectivity index (χ1v) is 7.07. The van der Waals surface area contributed by atoms with Crippen molar-refractivity contribution in [2.45, 2.75) is 13.2 Å². The van der Waals surface area contributed by atoms with E-state index in [0.717, 1.165) is 5.56 Å². The van der Waals surface area contributed by atoms with E-state index in [0.29, 0.717) is 5.56 Å². The number of nitrogens with two attached hydrogens (primary N) is 1. The molecular formula is C16H14ClFN2O3. The molecule has 0 atom stereocenters. The Morgan fingerprint density at radius 1 is 1.17 bits per heavy atom. The van der Waals surface area contributed by atoms with Crippen molar-refractivity contribution in [3.05, 3.63) is 70.0 Å². The van der Waals surface area contributed by atoms with Crippen LogP contribution in [-0.4, -0.2) is 12.0 Å². The molecule has 0 aliphatic carbocycles. The number of hydrogen-bond acceptors (Lipinski definition) is 3. The highest BCUT2D eigenvalue weighted by Gasteiger charge is 2.12. The largest absolute Gasteiger partial charge is 0.457 e. The number of primary amides is 1. The van der Waals surface area contributed by atoms with Crippen LogP contribution in [0.5, 0.6) is 0 Å². The summed E-state index contributed by atoms with van der Waals surface area (Å²) in [7, 11) is 0. The summed E-state index contributed by atoms with van der Waals surface area (Å²) in [6.07, 6.45) is 0. The van der Waals surface area contributed by atoms with Crippen molar-refractivity contribution in [3.8, 4) is 0 Å². The molecule has 2 amide bonds. The minimum Gasteiger partial charge on any atom is -0.457 e. The highest BCUT2D eigenvalue weighted by Crippen LogP contribution is 2.20. The molecule has 2 aromatic carbocycles. The highest BCUT2D eigenvalue weighted by atomic mass is 35.5. The predicted octanol–water partition coefficient (Wildman–Crippen LogP) is 3.00. The summed E-state index contributed by atoms with van der Waals surface area (Å²) in [6, 6.07) is 10.0. The van der Waals surface area contributed by atoms with Gasteiger partial charge >= 0.3 is 12.0 Å². The minimum absolute atomic E-state index is 0.129. The zero-order chi connectivity index (χ0) is 16.8. The van der Waals surface area contributed by atoms with Gasteiger partial charge in [0.05, 0.1) is 10.6 Å². The summed E-state index contributed by atoms with van der Waals surface area (Å²) in [5, 5.41) is 2.64. The monoisotopic (exact) mass is 336 g/mol. The maximum atomic E-state index is 13.6. The van der Waals surface area contributed by atoms with Gasteiger partial charge in [0, 0.05) is 12.1 Å². The van der Waals surface area contributed by atoms with E-state index >= 15 is 0 Å². The number of amides is 2. The third kappa shape index (κ3) is 4.69. The molecule has 0 aliphatic heterocycles. The fourth-order valence-electron chi connectivity index (χ4n) is 1.84. The van der Waals surface area contributed by atoms with E-state index in [2.05, 4.69) is 5.32 Å². The van der Waals surface area contributed by atoms with E-state index in [-0.39, 0.29) is 23.7 Å². The second-order valence-corrected chi connectivity index (χ2v) is 5.10. The molecule has 120 valence electrons. The molecule has 7 heteroatoms. The lowest BCUT2D eigenvalue weighted by molar-refractivity contribution is 0.0469. The zero-order valence-corrected chi connectivity index (χ0v) is 12.8. The summed E-state index contributed by atoms with van der Waals surface area (Å²) < 4.78 is 18.6. The lowest BCUT2D eigenvalue weighted by Gasteiger charge is -2.08. The Morgan fingerprint density at radius 3 is 2.48 bits per heavy atom. The average molecular weight is 337 g/mol. The van der Waals surface area contributed by atoms with E-state index in [1.54, 1.807) is 24.3 Å². The molecule has 0 aromatic heterocycles. The number of carbonyl (C=O) groups is 2. The molecule has 3 N–H and O–H groups in total. The predicted molar refractivity (Wildman–Crippen MR) is 83.4 cm³/mol. The van der Waals surface area contributed by atoms with E-state index in [9.17, 15) is 14.0 Å². The van der Waals surface area contributed by atoms with Crippen molar-refractivity contribution in [3.63, 3.8) is 0 Å². The van der Waals surface area contributed by atoms with Crippen LogP contribution in [0.1, 0.15) is 21.5 Å². The number of rotatable bonds is 5. The molecular weight excluding hydrogens is 323 g/mol. The summed E-state index contributed by atoms with van der Waals surface area (Å²) in [4.78, 5) is 22.6. The molecule has 0 saturated heterocycles. The lowest BCUT2D eigenvalue weighted by Crippen LogP contribution is -2.28. The summed E-state index contributed by atoms with van der Waals surface area (Å²) in [5.74, 6) is -1.13. The van der Waals surface area contributed by atoms with Crippen LogP contribution >= 0.6 is 11.6 Å². The molecule has 23 heavy (non-hydrogen) atoms. The number of urea groups is 1. The van der Waals surface area contributed by atoms with Gasteiger partial charge in [-0.2, -0.15) is 0 Å². The molecule has 0 unspecified atom stereocenters. The average Bonchev–Trinajstić information content (AvgIpc) is 2.52. The Hall–Kier alpha value is -2.60. The lowest BCUT2D eigenvalue weighted by atomic mass is 10.1. The van der Waals surface area contributed by atoms with Crippen LogP contribution < -0.4 is 11.1 Å². The van der Waals surface area contributed by atoms with Crippen molar-refractivity contribution in [1.82, 2.24) is 5.32 Å². The van der Waals surface area contributed by atoms with Gasteiger partial charge in [-0.05, 0) is 29.8 Å². The van der Waals surface area contributed by atoms with Gasteiger partial charge in [-0.25, -0.2) is 14.0 Å². The molecule has 5 nitrogen and oxygen atoms in total. The molecule has 0 aliphatic rings. The fraction of sp³-hybridized carbons (Fsp3) is 0.125. The van der Waals surface area contributed by atoms with Crippen LogP contribution in [0.4, 0.5) is 9.18 Å². The van der Waals surface area contributed by atoms with Crippen molar-refractivity contribution < 1.29 is 18.7 Å². The second kappa shape index (κ2) is 7.60. The van der Waals surface area contributed by atoms with Crippen molar-refractivity contribution >= 4 is 23.6 Å². The Bertz CT molecular complexity index is 700. The van der Waals surface area contributed by atoms with Crippen LogP contribution in [0, 0.1) is 5.82 Å². The van der Waals surface area contributed by atoms with Crippen LogP contribution in [0.25, 0.3) is 0 Å². The number of carbonyl (C=O) groups excluding carboxylic acids is 2. The van der Waals surface area contributed by atoms with Crippen molar-refractivity contribution in [2.24, 2.45) is 5.73 Å². The van der Waals surface area contributed by atoms with Crippen molar-refractivity contribution in [1.29, 1.82) is 0 Å². The van der Waals surface area contributed by atoms with Crippen LogP contribution in [0.15, 0.2) is 42.5 Å². The first-order valence-electron chi connectivity index (χ1n) is 6.69. The van der Waals surface area contributed by atoms with Gasteiger partial charge in [0.25, 0.3) is 0 Å². The quantitative estimate of drug-likeness (QED) is 0.823. The number of ether oxygens (including phenoxy) is 1. The molecule has 0 radical (unpaired) electrons. The van der Waals surface area contributed by atoms with Gasteiger partial charge in [-0.15, -0.1) is 0 Å². The molecule has 0 heterocycles. The molecule has 0 fully saturated rings. The van der Waals surface area contributed by atoms with Gasteiger partial charge < -0.3 is 15.8 Å². The van der Waals surface area contributed by atoms with E-state index in [4.69, 9.17) is 22.1 Å². The van der Waals surface area contributed by atoms with E-state index < -0.39 is 17.8 Å². The van der Waals surface area contributed by atoms with Gasteiger partial charge in [0.1, 0.15) is 12.4 Å². The maximum absolute atomic E-state index is 13.6.